The zero-order chi connectivity index (χ0) is 24.2. The Morgan fingerprint density at radius 3 is 2.38 bits per heavy atom. The Morgan fingerprint density at radius 2 is 1.74 bits per heavy atom. The van der Waals surface area contributed by atoms with Gasteiger partial charge in [0.1, 0.15) is 0 Å². The highest BCUT2D eigenvalue weighted by molar-refractivity contribution is 6.12. The van der Waals surface area contributed by atoms with Crippen molar-refractivity contribution in [3.8, 4) is 17.2 Å². The molecule has 0 fully saturated rings. The van der Waals surface area contributed by atoms with Gasteiger partial charge in [-0.05, 0) is 80.9 Å². The molecule has 34 heavy (non-hydrogen) atoms. The Kier molecular flexibility index (Phi) is 6.49. The van der Waals surface area contributed by atoms with Gasteiger partial charge >= 0.3 is 5.97 Å². The Hall–Kier alpha value is -4.33. The van der Waals surface area contributed by atoms with Gasteiger partial charge in [-0.15, -0.1) is 0 Å². The molecule has 2 heterocycles. The van der Waals surface area contributed by atoms with Crippen LogP contribution in [0.5, 0.6) is 11.5 Å². The molecule has 2 aromatic carbocycles. The fraction of sp³-hybridized carbons (Fsp3) is 0.192. The molecule has 1 aliphatic rings. The smallest absolute Gasteiger partial charge is 0.363 e. The number of aliphatic imine (C=N–C) groups is 1. The van der Waals surface area contributed by atoms with Gasteiger partial charge in [-0.2, -0.15) is 0 Å². The molecule has 4 rings (SSSR count). The van der Waals surface area contributed by atoms with Crippen LogP contribution in [-0.2, 0) is 14.3 Å². The van der Waals surface area contributed by atoms with Gasteiger partial charge in [0.2, 0.25) is 5.90 Å². The number of amides is 1. The number of aryl methyl sites for hydroxylation is 2. The maximum Gasteiger partial charge on any atom is 0.363 e. The Labute approximate surface area is 197 Å². The van der Waals surface area contributed by atoms with E-state index < -0.39 is 11.9 Å². The molecule has 0 aliphatic carbocycles. The Balaban J connectivity index is 1.58. The number of carbonyl (C=O) groups excluding carboxylic acids is 2. The predicted octanol–water partition coefficient (Wildman–Crippen LogP) is 3.70. The van der Waals surface area contributed by atoms with Gasteiger partial charge in [-0.1, -0.05) is 6.07 Å². The summed E-state index contributed by atoms with van der Waals surface area (Å²) in [5.74, 6) is -0.0663. The van der Waals surface area contributed by atoms with Crippen LogP contribution >= 0.6 is 0 Å². The number of hydrogen-bond donors (Lipinski definition) is 1. The van der Waals surface area contributed by atoms with Gasteiger partial charge in [0.05, 0.1) is 6.61 Å². The first-order valence-corrected chi connectivity index (χ1v) is 10.8. The molecular formula is C26H25N3O5. The molecule has 0 atom stereocenters. The molecule has 0 radical (unpaired) electrons. The number of benzene rings is 2. The highest BCUT2D eigenvalue weighted by Crippen LogP contribution is 2.30. The molecule has 0 spiro atoms. The van der Waals surface area contributed by atoms with Crippen molar-refractivity contribution in [3.05, 3.63) is 82.8 Å². The lowest BCUT2D eigenvalue weighted by Crippen LogP contribution is -2.20. The summed E-state index contributed by atoms with van der Waals surface area (Å²) in [4.78, 5) is 27.8. The minimum atomic E-state index is -0.587. The second-order valence-electron chi connectivity index (χ2n) is 7.73. The summed E-state index contributed by atoms with van der Waals surface area (Å²) in [6.07, 6.45) is 1.61. The maximum absolute atomic E-state index is 12.4. The van der Waals surface area contributed by atoms with E-state index in [4.69, 9.17) is 19.9 Å². The number of nitrogens with zero attached hydrogens (tertiary/aromatic N) is 2. The van der Waals surface area contributed by atoms with Gasteiger partial charge in [-0.25, -0.2) is 9.79 Å². The quantitative estimate of drug-likeness (QED) is 0.408. The van der Waals surface area contributed by atoms with Crippen LogP contribution in [0.15, 0.2) is 65.3 Å². The van der Waals surface area contributed by atoms with E-state index >= 15 is 0 Å². The van der Waals surface area contributed by atoms with Crippen LogP contribution in [0, 0.1) is 13.8 Å². The van der Waals surface area contributed by atoms with Crippen LogP contribution in [0.25, 0.3) is 11.8 Å². The first kappa shape index (κ1) is 22.8. The summed E-state index contributed by atoms with van der Waals surface area (Å²) in [5, 5.41) is 0. The van der Waals surface area contributed by atoms with E-state index in [2.05, 4.69) is 21.7 Å². The molecule has 1 aromatic heterocycles. The molecule has 0 bridgehead atoms. The standard InChI is InChI=1S/C26H25N3O5/c1-4-32-23-14-18(7-12-22(23)33-15-24(27)30)13-21-26(31)34-25(28-21)19-8-10-20(11-9-19)29-16(2)5-6-17(29)3/h5-14H,4,15H2,1-3H3,(H2,27,30)/b21-13+. The molecule has 3 aromatic rings. The van der Waals surface area contributed by atoms with Crippen LogP contribution in [0.4, 0.5) is 0 Å². The minimum absolute atomic E-state index is 0.171. The normalized spacial score (nSPS) is 14.1. The van der Waals surface area contributed by atoms with Gasteiger partial charge in [0.15, 0.2) is 23.8 Å². The van der Waals surface area contributed by atoms with Crippen LogP contribution < -0.4 is 15.2 Å². The molecule has 0 saturated carbocycles. The van der Waals surface area contributed by atoms with Crippen LogP contribution in [0.2, 0.25) is 0 Å². The topological polar surface area (TPSA) is 105 Å². The van der Waals surface area contributed by atoms with Crippen molar-refractivity contribution in [2.45, 2.75) is 20.8 Å². The van der Waals surface area contributed by atoms with Crippen molar-refractivity contribution in [1.82, 2.24) is 4.57 Å². The average molecular weight is 460 g/mol. The van der Waals surface area contributed by atoms with Crippen LogP contribution in [-0.4, -0.2) is 35.6 Å². The monoisotopic (exact) mass is 459 g/mol. The lowest BCUT2D eigenvalue weighted by Gasteiger charge is -2.11. The van der Waals surface area contributed by atoms with Crippen molar-refractivity contribution >= 4 is 23.9 Å². The maximum atomic E-state index is 12.4. The molecular weight excluding hydrogens is 434 g/mol. The van der Waals surface area contributed by atoms with E-state index in [1.54, 1.807) is 24.3 Å². The van der Waals surface area contributed by atoms with E-state index in [0.29, 0.717) is 29.2 Å². The second-order valence-corrected chi connectivity index (χ2v) is 7.73. The van der Waals surface area contributed by atoms with Crippen LogP contribution in [0.1, 0.15) is 29.4 Å². The summed E-state index contributed by atoms with van der Waals surface area (Å²) in [6.45, 7) is 6.07. The average Bonchev–Trinajstić information content (AvgIpc) is 3.34. The van der Waals surface area contributed by atoms with E-state index in [-0.39, 0.29) is 18.2 Å². The van der Waals surface area contributed by atoms with E-state index in [1.807, 2.05) is 45.0 Å². The molecule has 1 amide bonds. The zero-order valence-electron chi connectivity index (χ0n) is 19.2. The first-order valence-electron chi connectivity index (χ1n) is 10.8. The Bertz CT molecular complexity index is 1280. The number of hydrogen-bond acceptors (Lipinski definition) is 6. The third kappa shape index (κ3) is 4.85. The Morgan fingerprint density at radius 1 is 1.03 bits per heavy atom. The number of nitrogens with two attached hydrogens (primary N) is 1. The second kappa shape index (κ2) is 9.66. The highest BCUT2D eigenvalue weighted by atomic mass is 16.6. The third-order valence-electron chi connectivity index (χ3n) is 5.21. The van der Waals surface area contributed by atoms with Gasteiger partial charge in [0.25, 0.3) is 5.91 Å². The van der Waals surface area contributed by atoms with E-state index in [9.17, 15) is 9.59 Å². The number of ether oxygens (including phenoxy) is 3. The van der Waals surface area contributed by atoms with Crippen molar-refractivity contribution < 1.29 is 23.8 Å². The number of cyclic esters (lactones) is 1. The molecule has 0 unspecified atom stereocenters. The summed E-state index contributed by atoms with van der Waals surface area (Å²) in [6, 6.07) is 16.9. The fourth-order valence-electron chi connectivity index (χ4n) is 3.67. The minimum Gasteiger partial charge on any atom is -0.490 e. The van der Waals surface area contributed by atoms with Crippen LogP contribution in [0.3, 0.4) is 0 Å². The molecule has 8 nitrogen and oxygen atoms in total. The van der Waals surface area contributed by atoms with Crippen molar-refractivity contribution in [1.29, 1.82) is 0 Å². The number of primary amides is 1. The highest BCUT2D eigenvalue weighted by Gasteiger charge is 2.24. The van der Waals surface area contributed by atoms with Crippen molar-refractivity contribution in [2.24, 2.45) is 10.7 Å². The van der Waals surface area contributed by atoms with E-state index in [1.165, 1.54) is 0 Å². The molecule has 8 heteroatoms. The number of aromatic nitrogens is 1. The fourth-order valence-corrected chi connectivity index (χ4v) is 3.67. The van der Waals surface area contributed by atoms with Gasteiger partial charge in [0, 0.05) is 22.6 Å². The SMILES string of the molecule is CCOc1cc(/C=C2/N=C(c3ccc(-n4c(C)ccc4C)cc3)OC2=O)ccc1OCC(N)=O. The largest absolute Gasteiger partial charge is 0.490 e. The summed E-state index contributed by atoms with van der Waals surface area (Å²) in [7, 11) is 0. The third-order valence-corrected chi connectivity index (χ3v) is 5.21. The number of esters is 1. The molecule has 0 saturated heterocycles. The summed E-state index contributed by atoms with van der Waals surface area (Å²) >= 11 is 0. The lowest BCUT2D eigenvalue weighted by atomic mass is 10.1. The number of rotatable bonds is 8. The molecule has 2 N–H and O–H groups in total. The lowest BCUT2D eigenvalue weighted by molar-refractivity contribution is -0.130. The van der Waals surface area contributed by atoms with Gasteiger partial charge in [-0.3, -0.25) is 4.79 Å². The number of carbonyl (C=O) groups is 2. The van der Waals surface area contributed by atoms with Crippen molar-refractivity contribution in [2.75, 3.05) is 13.2 Å². The van der Waals surface area contributed by atoms with Crippen molar-refractivity contribution in [3.63, 3.8) is 0 Å². The predicted molar refractivity (Wildman–Crippen MR) is 128 cm³/mol. The first-order chi connectivity index (χ1) is 16.4. The van der Waals surface area contributed by atoms with E-state index in [0.717, 1.165) is 17.1 Å². The summed E-state index contributed by atoms with van der Waals surface area (Å²) < 4.78 is 18.5. The molecule has 1 aliphatic heterocycles. The molecule has 174 valence electrons. The zero-order valence-corrected chi connectivity index (χ0v) is 19.2. The van der Waals surface area contributed by atoms with Gasteiger partial charge < -0.3 is 24.5 Å². The summed E-state index contributed by atoms with van der Waals surface area (Å²) in [5.41, 5.74) is 9.98.